The van der Waals surface area contributed by atoms with Crippen LogP contribution in [0.3, 0.4) is 0 Å². The molecule has 1 unspecified atom stereocenters. The maximum absolute atomic E-state index is 11.5. The van der Waals surface area contributed by atoms with Gasteiger partial charge < -0.3 is 21.3 Å². The van der Waals surface area contributed by atoms with Crippen LogP contribution in [0.2, 0.25) is 0 Å². The largest absolute Gasteiger partial charge is 0.478 e. The first-order chi connectivity index (χ1) is 9.95. The molecule has 0 spiro atoms. The zero-order valence-electron chi connectivity index (χ0n) is 11.0. The van der Waals surface area contributed by atoms with Crippen molar-refractivity contribution in [2.75, 3.05) is 5.32 Å². The number of carboxylic acid groups (broad SMARTS) is 2. The number of hydrogen-bond donors (Lipinski definition) is 4. The van der Waals surface area contributed by atoms with E-state index in [9.17, 15) is 19.8 Å². The number of nitrogens with one attached hydrogen (secondary N) is 1. The molecule has 2 aromatic rings. The highest BCUT2D eigenvalue weighted by atomic mass is 16.4. The van der Waals surface area contributed by atoms with Crippen molar-refractivity contribution in [1.29, 1.82) is 0 Å². The lowest BCUT2D eigenvalue weighted by Gasteiger charge is -2.17. The molecule has 1 atom stereocenters. The summed E-state index contributed by atoms with van der Waals surface area (Å²) in [5, 5.41) is 22.5. The number of anilines is 1. The first-order valence-corrected chi connectivity index (χ1v) is 6.12. The standard InChI is InChI=1S/C15H14N2O4/c1-2-11(16)17-10-7-8-5-3-4-6-9(8)12(14(18)19)13(10)15(20)21/h2-7,11,17H,1,16H2,(H,18,19)(H,20,21). The number of aromatic carboxylic acids is 2. The van der Waals surface area contributed by atoms with E-state index in [1.54, 1.807) is 30.3 Å². The fourth-order valence-electron chi connectivity index (χ4n) is 2.14. The third kappa shape index (κ3) is 2.70. The molecule has 0 bridgehead atoms. The first kappa shape index (κ1) is 14.5. The van der Waals surface area contributed by atoms with E-state index >= 15 is 0 Å². The molecular weight excluding hydrogens is 272 g/mol. The molecule has 0 aliphatic heterocycles. The second kappa shape index (κ2) is 5.64. The summed E-state index contributed by atoms with van der Waals surface area (Å²) in [4.78, 5) is 23.0. The van der Waals surface area contributed by atoms with Crippen LogP contribution in [0.15, 0.2) is 43.0 Å². The van der Waals surface area contributed by atoms with E-state index in [0.29, 0.717) is 10.8 Å². The quantitative estimate of drug-likeness (QED) is 0.494. The van der Waals surface area contributed by atoms with Crippen molar-refractivity contribution >= 4 is 28.4 Å². The van der Waals surface area contributed by atoms with Gasteiger partial charge >= 0.3 is 11.9 Å². The van der Waals surface area contributed by atoms with E-state index in [4.69, 9.17) is 5.73 Å². The van der Waals surface area contributed by atoms with Gasteiger partial charge in [-0.05, 0) is 16.8 Å². The van der Waals surface area contributed by atoms with E-state index < -0.39 is 18.1 Å². The Hall–Kier alpha value is -2.86. The van der Waals surface area contributed by atoms with Gasteiger partial charge in [-0.2, -0.15) is 0 Å². The van der Waals surface area contributed by atoms with Gasteiger partial charge in [0.1, 0.15) is 0 Å². The van der Waals surface area contributed by atoms with Gasteiger partial charge in [-0.15, -0.1) is 0 Å². The number of benzene rings is 2. The van der Waals surface area contributed by atoms with Crippen LogP contribution in [0.1, 0.15) is 20.7 Å². The zero-order valence-corrected chi connectivity index (χ0v) is 11.0. The molecular formula is C15H14N2O4. The molecule has 0 saturated carbocycles. The molecule has 21 heavy (non-hydrogen) atoms. The second-order valence-electron chi connectivity index (χ2n) is 4.41. The maximum Gasteiger partial charge on any atom is 0.338 e. The Morgan fingerprint density at radius 3 is 2.38 bits per heavy atom. The molecule has 0 fully saturated rings. The fraction of sp³-hybridized carbons (Fsp3) is 0.0667. The van der Waals surface area contributed by atoms with Gasteiger partial charge in [0, 0.05) is 0 Å². The predicted octanol–water partition coefficient (Wildman–Crippen LogP) is 2.12. The molecule has 0 saturated heterocycles. The van der Waals surface area contributed by atoms with Gasteiger partial charge in [-0.1, -0.05) is 36.9 Å². The Balaban J connectivity index is 2.83. The number of fused-ring (bicyclic) bond motifs is 1. The molecule has 0 aliphatic carbocycles. The highest BCUT2D eigenvalue weighted by molar-refractivity contribution is 6.15. The summed E-state index contributed by atoms with van der Waals surface area (Å²) in [6.07, 6.45) is 0.701. The van der Waals surface area contributed by atoms with Crippen LogP contribution in [-0.2, 0) is 0 Å². The summed E-state index contributed by atoms with van der Waals surface area (Å²) in [6.45, 7) is 3.50. The number of rotatable bonds is 5. The van der Waals surface area contributed by atoms with E-state index in [1.165, 1.54) is 6.08 Å². The molecule has 0 radical (unpaired) electrons. The molecule has 0 heterocycles. The van der Waals surface area contributed by atoms with Crippen LogP contribution in [0.25, 0.3) is 10.8 Å². The van der Waals surface area contributed by atoms with Crippen LogP contribution in [-0.4, -0.2) is 28.3 Å². The minimum Gasteiger partial charge on any atom is -0.478 e. The molecule has 0 aliphatic rings. The van der Waals surface area contributed by atoms with Crippen LogP contribution >= 0.6 is 0 Å². The third-order valence-electron chi connectivity index (χ3n) is 3.05. The summed E-state index contributed by atoms with van der Waals surface area (Å²) >= 11 is 0. The van der Waals surface area contributed by atoms with Gasteiger partial charge in [-0.3, -0.25) is 0 Å². The smallest absolute Gasteiger partial charge is 0.338 e. The van der Waals surface area contributed by atoms with Gasteiger partial charge in [0.25, 0.3) is 0 Å². The molecule has 0 amide bonds. The summed E-state index contributed by atoms with van der Waals surface area (Å²) in [7, 11) is 0. The van der Waals surface area contributed by atoms with Crippen molar-refractivity contribution in [2.45, 2.75) is 6.17 Å². The first-order valence-electron chi connectivity index (χ1n) is 6.12. The second-order valence-corrected chi connectivity index (χ2v) is 4.41. The Morgan fingerprint density at radius 1 is 1.19 bits per heavy atom. The maximum atomic E-state index is 11.5. The van der Waals surface area contributed by atoms with Crippen molar-refractivity contribution in [3.05, 3.63) is 54.1 Å². The third-order valence-corrected chi connectivity index (χ3v) is 3.05. The predicted molar refractivity (Wildman–Crippen MR) is 79.7 cm³/mol. The minimum absolute atomic E-state index is 0.144. The lowest BCUT2D eigenvalue weighted by Crippen LogP contribution is -2.28. The summed E-state index contributed by atoms with van der Waals surface area (Å²) in [5.41, 5.74) is 5.23. The Bertz CT molecular complexity index is 740. The average molecular weight is 286 g/mol. The highest BCUT2D eigenvalue weighted by Crippen LogP contribution is 2.30. The normalized spacial score (nSPS) is 11.9. The van der Waals surface area contributed by atoms with Crippen molar-refractivity contribution in [2.24, 2.45) is 5.73 Å². The fourth-order valence-corrected chi connectivity index (χ4v) is 2.14. The lowest BCUT2D eigenvalue weighted by molar-refractivity contribution is 0.0654. The molecule has 2 rings (SSSR count). The minimum atomic E-state index is -1.34. The summed E-state index contributed by atoms with van der Waals surface area (Å²) in [6, 6.07) is 8.24. The van der Waals surface area contributed by atoms with Crippen molar-refractivity contribution in [1.82, 2.24) is 0 Å². The topological polar surface area (TPSA) is 113 Å². The van der Waals surface area contributed by atoms with Gasteiger partial charge in [-0.25, -0.2) is 9.59 Å². The van der Waals surface area contributed by atoms with Crippen LogP contribution in [0, 0.1) is 0 Å². The molecule has 6 nitrogen and oxygen atoms in total. The highest BCUT2D eigenvalue weighted by Gasteiger charge is 2.24. The average Bonchev–Trinajstić information content (AvgIpc) is 2.45. The molecule has 0 aromatic heterocycles. The SMILES string of the molecule is C=CC(N)Nc1cc2ccccc2c(C(=O)O)c1C(=O)O. The van der Waals surface area contributed by atoms with E-state index in [2.05, 4.69) is 11.9 Å². The summed E-state index contributed by atoms with van der Waals surface area (Å²) < 4.78 is 0. The van der Waals surface area contributed by atoms with Crippen molar-refractivity contribution < 1.29 is 19.8 Å². The Morgan fingerprint density at radius 2 is 1.81 bits per heavy atom. The zero-order chi connectivity index (χ0) is 15.6. The number of hydrogen-bond acceptors (Lipinski definition) is 4. The van der Waals surface area contributed by atoms with E-state index in [0.717, 1.165) is 0 Å². The monoisotopic (exact) mass is 286 g/mol. The molecule has 5 N–H and O–H groups in total. The number of nitrogens with two attached hydrogens (primary N) is 1. The van der Waals surface area contributed by atoms with E-state index in [-0.39, 0.29) is 16.8 Å². The summed E-state index contributed by atoms with van der Waals surface area (Å²) in [5.74, 6) is -2.64. The molecule has 108 valence electrons. The molecule has 6 heteroatoms. The van der Waals surface area contributed by atoms with E-state index in [1.807, 2.05) is 0 Å². The number of carboxylic acids is 2. The van der Waals surface area contributed by atoms with Gasteiger partial charge in [0.15, 0.2) is 0 Å². The number of carbonyl (C=O) groups is 2. The lowest BCUT2D eigenvalue weighted by atomic mass is 9.96. The van der Waals surface area contributed by atoms with Gasteiger partial charge in [0.05, 0.1) is 23.0 Å². The van der Waals surface area contributed by atoms with Crippen molar-refractivity contribution in [3.8, 4) is 0 Å². The van der Waals surface area contributed by atoms with Crippen molar-refractivity contribution in [3.63, 3.8) is 0 Å². The van der Waals surface area contributed by atoms with Crippen LogP contribution < -0.4 is 11.1 Å². The van der Waals surface area contributed by atoms with Crippen LogP contribution in [0.4, 0.5) is 5.69 Å². The molecule has 2 aromatic carbocycles. The van der Waals surface area contributed by atoms with Crippen LogP contribution in [0.5, 0.6) is 0 Å². The Labute approximate surface area is 120 Å². The van der Waals surface area contributed by atoms with Gasteiger partial charge in [0.2, 0.25) is 0 Å². The Kier molecular flexibility index (Phi) is 3.91.